The van der Waals surface area contributed by atoms with Crippen LogP contribution in [-0.2, 0) is 9.84 Å². The number of ether oxygens (including phenoxy) is 1. The van der Waals surface area contributed by atoms with Crippen LogP contribution in [0.5, 0.6) is 5.75 Å². The topological polar surface area (TPSA) is 71.0 Å². The summed E-state index contributed by atoms with van der Waals surface area (Å²) in [5.74, 6) is -0.990. The largest absolute Gasteiger partial charge is 0.492 e. The Labute approximate surface area is 169 Å². The van der Waals surface area contributed by atoms with Crippen LogP contribution in [0, 0.1) is 11.6 Å². The fraction of sp³-hybridized carbons (Fsp3) is 0.562. The highest BCUT2D eigenvalue weighted by Gasteiger charge is 2.40. The third-order valence-electron chi connectivity index (χ3n) is 4.10. The Hall–Kier alpha value is -1.17. The number of hydrogen-bond donors (Lipinski definition) is 1. The van der Waals surface area contributed by atoms with Crippen molar-refractivity contribution in [2.24, 2.45) is 4.99 Å². The van der Waals surface area contributed by atoms with Gasteiger partial charge in [-0.15, -0.1) is 24.0 Å². The number of aliphatic imine (C=N–C) groups is 1. The summed E-state index contributed by atoms with van der Waals surface area (Å²) >= 11 is 0. The molecule has 26 heavy (non-hydrogen) atoms. The van der Waals surface area contributed by atoms with E-state index < -0.39 is 26.2 Å². The number of rotatable bonds is 4. The SMILES string of the molecule is CN=C(NCCOc1ccc(F)c(F)c1)N1CCS(=O)(=O)C(C)(C)C1.I. The number of nitrogens with one attached hydrogen (secondary N) is 1. The van der Waals surface area contributed by atoms with Crippen LogP contribution in [0.15, 0.2) is 23.2 Å². The predicted octanol–water partition coefficient (Wildman–Crippen LogP) is 2.05. The van der Waals surface area contributed by atoms with E-state index in [4.69, 9.17) is 4.74 Å². The molecule has 1 saturated heterocycles. The normalized spacial score (nSPS) is 18.8. The molecule has 0 aliphatic carbocycles. The first kappa shape index (κ1) is 22.9. The molecule has 1 aliphatic heterocycles. The fourth-order valence-electron chi connectivity index (χ4n) is 2.56. The number of hydrogen-bond acceptors (Lipinski definition) is 4. The third-order valence-corrected chi connectivity index (χ3v) is 6.63. The van der Waals surface area contributed by atoms with Crippen LogP contribution in [0.1, 0.15) is 13.8 Å². The van der Waals surface area contributed by atoms with Crippen LogP contribution in [-0.4, -0.2) is 63.1 Å². The lowest BCUT2D eigenvalue weighted by atomic mass is 10.2. The van der Waals surface area contributed by atoms with Gasteiger partial charge in [-0.2, -0.15) is 0 Å². The molecule has 0 aromatic heterocycles. The van der Waals surface area contributed by atoms with Crippen molar-refractivity contribution in [2.45, 2.75) is 18.6 Å². The molecule has 10 heteroatoms. The average Bonchev–Trinajstić information content (AvgIpc) is 2.54. The van der Waals surface area contributed by atoms with E-state index in [1.165, 1.54) is 6.07 Å². The highest BCUT2D eigenvalue weighted by Crippen LogP contribution is 2.23. The van der Waals surface area contributed by atoms with Crippen molar-refractivity contribution >= 4 is 39.8 Å². The van der Waals surface area contributed by atoms with Gasteiger partial charge in [0.15, 0.2) is 27.4 Å². The maximum absolute atomic E-state index is 13.1. The summed E-state index contributed by atoms with van der Waals surface area (Å²) in [6.45, 7) is 4.73. The van der Waals surface area contributed by atoms with Crippen LogP contribution >= 0.6 is 24.0 Å². The number of sulfone groups is 1. The molecule has 1 N–H and O–H groups in total. The van der Waals surface area contributed by atoms with Crippen LogP contribution < -0.4 is 10.1 Å². The fourth-order valence-corrected chi connectivity index (χ4v) is 3.92. The van der Waals surface area contributed by atoms with Gasteiger partial charge < -0.3 is 15.0 Å². The second-order valence-electron chi connectivity index (χ2n) is 6.40. The van der Waals surface area contributed by atoms with Gasteiger partial charge >= 0.3 is 0 Å². The molecule has 0 amide bonds. The van der Waals surface area contributed by atoms with Crippen molar-refractivity contribution in [1.82, 2.24) is 10.2 Å². The van der Waals surface area contributed by atoms with Gasteiger partial charge in [0.1, 0.15) is 12.4 Å². The molecular formula is C16H24F2IN3O3S. The van der Waals surface area contributed by atoms with E-state index in [0.717, 1.165) is 12.1 Å². The van der Waals surface area contributed by atoms with E-state index >= 15 is 0 Å². The Morgan fingerprint density at radius 3 is 2.62 bits per heavy atom. The first-order chi connectivity index (χ1) is 11.7. The standard InChI is InChI=1S/C16H23F2N3O3S.HI/c1-16(2)11-21(7-9-25(16,22)23)15(19-3)20-6-8-24-12-4-5-13(17)14(18)10-12;/h4-5,10H,6-9,11H2,1-3H3,(H,19,20);1H. The Morgan fingerprint density at radius 2 is 2.04 bits per heavy atom. The lowest BCUT2D eigenvalue weighted by Gasteiger charge is -2.39. The zero-order valence-corrected chi connectivity index (χ0v) is 18.1. The molecule has 0 radical (unpaired) electrons. The quantitative estimate of drug-likeness (QED) is 0.295. The number of nitrogens with zero attached hydrogens (tertiary/aromatic N) is 2. The molecule has 0 spiro atoms. The molecule has 6 nitrogen and oxygen atoms in total. The van der Waals surface area contributed by atoms with Crippen LogP contribution in [0.25, 0.3) is 0 Å². The second-order valence-corrected chi connectivity index (χ2v) is 9.14. The van der Waals surface area contributed by atoms with Gasteiger partial charge in [0.25, 0.3) is 0 Å². The van der Waals surface area contributed by atoms with E-state index in [2.05, 4.69) is 10.3 Å². The summed E-state index contributed by atoms with van der Waals surface area (Å²) in [6, 6.07) is 3.35. The second kappa shape index (κ2) is 9.16. The van der Waals surface area contributed by atoms with E-state index in [0.29, 0.717) is 25.6 Å². The summed E-state index contributed by atoms with van der Waals surface area (Å²) in [5, 5.41) is 3.09. The molecular weight excluding hydrogens is 479 g/mol. The minimum absolute atomic E-state index is 0. The van der Waals surface area contributed by atoms with Crippen molar-refractivity contribution in [3.05, 3.63) is 29.8 Å². The number of benzene rings is 1. The molecule has 148 valence electrons. The summed E-state index contributed by atoms with van der Waals surface area (Å²) in [6.07, 6.45) is 0. The molecule has 0 unspecified atom stereocenters. The molecule has 1 aromatic rings. The van der Waals surface area contributed by atoms with E-state index in [1.54, 1.807) is 20.9 Å². The molecule has 0 bridgehead atoms. The van der Waals surface area contributed by atoms with Gasteiger partial charge in [-0.25, -0.2) is 17.2 Å². The summed E-state index contributed by atoms with van der Waals surface area (Å²) in [5.41, 5.74) is 0. The minimum Gasteiger partial charge on any atom is -0.492 e. The summed E-state index contributed by atoms with van der Waals surface area (Å²) in [7, 11) is -1.50. The van der Waals surface area contributed by atoms with Gasteiger partial charge in [0.05, 0.1) is 17.0 Å². The van der Waals surface area contributed by atoms with Gasteiger partial charge in [0.2, 0.25) is 0 Å². The lowest BCUT2D eigenvalue weighted by molar-refractivity contribution is 0.310. The Balaban J connectivity index is 0.00000338. The van der Waals surface area contributed by atoms with Crippen LogP contribution in [0.3, 0.4) is 0 Å². The lowest BCUT2D eigenvalue weighted by Crippen LogP contribution is -2.57. The van der Waals surface area contributed by atoms with Crippen molar-refractivity contribution in [2.75, 3.05) is 39.0 Å². The third kappa shape index (κ3) is 5.41. The average molecular weight is 503 g/mol. The number of halogens is 3. The predicted molar refractivity (Wildman–Crippen MR) is 108 cm³/mol. The highest BCUT2D eigenvalue weighted by molar-refractivity contribution is 14.0. The molecule has 0 saturated carbocycles. The maximum atomic E-state index is 13.1. The Morgan fingerprint density at radius 1 is 1.35 bits per heavy atom. The smallest absolute Gasteiger partial charge is 0.193 e. The van der Waals surface area contributed by atoms with Gasteiger partial charge in [0, 0.05) is 26.2 Å². The van der Waals surface area contributed by atoms with Crippen LogP contribution in [0.2, 0.25) is 0 Å². The summed E-state index contributed by atoms with van der Waals surface area (Å²) < 4.78 is 54.6. The minimum atomic E-state index is -3.12. The zero-order chi connectivity index (χ0) is 18.7. The first-order valence-electron chi connectivity index (χ1n) is 7.92. The van der Waals surface area contributed by atoms with Crippen molar-refractivity contribution < 1.29 is 21.9 Å². The van der Waals surface area contributed by atoms with E-state index in [1.807, 2.05) is 4.90 Å². The molecule has 1 heterocycles. The maximum Gasteiger partial charge on any atom is 0.193 e. The molecule has 0 atom stereocenters. The molecule has 1 fully saturated rings. The Kier molecular flexibility index (Phi) is 8.05. The molecule has 2 rings (SSSR count). The molecule has 1 aromatic carbocycles. The van der Waals surface area contributed by atoms with Gasteiger partial charge in [-0.3, -0.25) is 4.99 Å². The van der Waals surface area contributed by atoms with Crippen molar-refractivity contribution in [3.63, 3.8) is 0 Å². The Bertz CT molecular complexity index is 757. The molecule has 1 aliphatic rings. The monoisotopic (exact) mass is 503 g/mol. The van der Waals surface area contributed by atoms with Gasteiger partial charge in [-0.05, 0) is 26.0 Å². The van der Waals surface area contributed by atoms with Crippen molar-refractivity contribution in [1.29, 1.82) is 0 Å². The number of guanidine groups is 1. The van der Waals surface area contributed by atoms with Gasteiger partial charge in [-0.1, -0.05) is 0 Å². The van der Waals surface area contributed by atoms with Crippen LogP contribution in [0.4, 0.5) is 8.78 Å². The first-order valence-corrected chi connectivity index (χ1v) is 9.57. The van der Waals surface area contributed by atoms with E-state index in [-0.39, 0.29) is 42.1 Å². The highest BCUT2D eigenvalue weighted by atomic mass is 127. The van der Waals surface area contributed by atoms with E-state index in [9.17, 15) is 17.2 Å². The summed E-state index contributed by atoms with van der Waals surface area (Å²) in [4.78, 5) is 6.05. The zero-order valence-electron chi connectivity index (χ0n) is 15.0. The van der Waals surface area contributed by atoms with Crippen molar-refractivity contribution in [3.8, 4) is 5.75 Å².